The number of rotatable bonds is 5. The second-order valence-electron chi connectivity index (χ2n) is 7.19. The standard InChI is InChI=1S/C21H19Cl3N4OS/c22-16-4-1-14(2-5-16)20-26-27-21(30-20)25-19(29)13-7-9-28(10-8-13)12-15-3-6-17(23)11-18(15)24/h1-6,11,13H,7-10,12H2,(H,25,27,29). The first kappa shape index (κ1) is 21.5. The predicted octanol–water partition coefficient (Wildman–Crippen LogP) is 6.02. The van der Waals surface area contributed by atoms with E-state index < -0.39 is 0 Å². The molecule has 1 aliphatic rings. The van der Waals surface area contributed by atoms with Crippen LogP contribution < -0.4 is 5.32 Å². The molecule has 0 spiro atoms. The van der Waals surface area contributed by atoms with Crippen LogP contribution in [0.2, 0.25) is 15.1 Å². The van der Waals surface area contributed by atoms with Crippen LogP contribution in [0.4, 0.5) is 5.13 Å². The van der Waals surface area contributed by atoms with Crippen molar-refractivity contribution in [3.05, 3.63) is 63.1 Å². The van der Waals surface area contributed by atoms with Crippen LogP contribution in [0.25, 0.3) is 10.6 Å². The Bertz CT molecular complexity index is 1030. The van der Waals surface area contributed by atoms with Gasteiger partial charge in [0.25, 0.3) is 0 Å². The zero-order valence-corrected chi connectivity index (χ0v) is 19.0. The predicted molar refractivity (Wildman–Crippen MR) is 123 cm³/mol. The number of nitrogens with zero attached hydrogens (tertiary/aromatic N) is 3. The molecular formula is C21H19Cl3N4OS. The largest absolute Gasteiger partial charge is 0.300 e. The first-order valence-electron chi connectivity index (χ1n) is 9.54. The highest BCUT2D eigenvalue weighted by Gasteiger charge is 2.26. The van der Waals surface area contributed by atoms with Gasteiger partial charge in [-0.25, -0.2) is 0 Å². The molecule has 5 nitrogen and oxygen atoms in total. The molecule has 9 heteroatoms. The molecule has 2 heterocycles. The third kappa shape index (κ3) is 5.31. The summed E-state index contributed by atoms with van der Waals surface area (Å²) in [7, 11) is 0. The molecule has 0 saturated carbocycles. The lowest BCUT2D eigenvalue weighted by Crippen LogP contribution is -2.37. The Kier molecular flexibility index (Phi) is 6.91. The molecule has 1 aliphatic heterocycles. The van der Waals surface area contributed by atoms with Gasteiger partial charge in [-0.15, -0.1) is 10.2 Å². The number of hydrogen-bond acceptors (Lipinski definition) is 5. The summed E-state index contributed by atoms with van der Waals surface area (Å²) < 4.78 is 0. The fourth-order valence-electron chi connectivity index (χ4n) is 3.43. The van der Waals surface area contributed by atoms with Crippen molar-refractivity contribution in [2.24, 2.45) is 5.92 Å². The number of nitrogens with one attached hydrogen (secondary N) is 1. The van der Waals surface area contributed by atoms with Crippen molar-refractivity contribution in [3.63, 3.8) is 0 Å². The van der Waals surface area contributed by atoms with E-state index in [1.807, 2.05) is 36.4 Å². The number of hydrogen-bond donors (Lipinski definition) is 1. The van der Waals surface area contributed by atoms with Crippen LogP contribution in [0.1, 0.15) is 18.4 Å². The Balaban J connectivity index is 1.30. The average Bonchev–Trinajstić information content (AvgIpc) is 3.19. The molecule has 1 fully saturated rings. The number of aromatic nitrogens is 2. The molecule has 30 heavy (non-hydrogen) atoms. The summed E-state index contributed by atoms with van der Waals surface area (Å²) in [6.07, 6.45) is 1.58. The van der Waals surface area contributed by atoms with Gasteiger partial charge in [-0.05, 0) is 55.8 Å². The Labute approximate surface area is 194 Å². The lowest BCUT2D eigenvalue weighted by molar-refractivity contribution is -0.121. The molecule has 0 radical (unpaired) electrons. The van der Waals surface area contributed by atoms with E-state index in [0.717, 1.165) is 48.6 Å². The molecule has 1 aromatic heterocycles. The molecule has 0 aliphatic carbocycles. The lowest BCUT2D eigenvalue weighted by Gasteiger charge is -2.31. The minimum atomic E-state index is -0.0372. The number of carbonyl (C=O) groups is 1. The van der Waals surface area contributed by atoms with Crippen molar-refractivity contribution in [1.82, 2.24) is 15.1 Å². The zero-order valence-electron chi connectivity index (χ0n) is 15.9. The molecule has 1 saturated heterocycles. The molecule has 0 atom stereocenters. The van der Waals surface area contributed by atoms with Crippen molar-refractivity contribution in [3.8, 4) is 10.6 Å². The molecule has 3 aromatic rings. The van der Waals surface area contributed by atoms with E-state index in [1.165, 1.54) is 11.3 Å². The summed E-state index contributed by atoms with van der Waals surface area (Å²) in [4.78, 5) is 15.0. The maximum absolute atomic E-state index is 12.7. The maximum atomic E-state index is 12.7. The molecule has 1 N–H and O–H groups in total. The average molecular weight is 482 g/mol. The Hall–Kier alpha value is -1.70. The Morgan fingerprint density at radius 1 is 1.03 bits per heavy atom. The van der Waals surface area contributed by atoms with Gasteiger partial charge in [0, 0.05) is 33.1 Å². The van der Waals surface area contributed by atoms with Gasteiger partial charge in [-0.3, -0.25) is 9.69 Å². The fraction of sp³-hybridized carbons (Fsp3) is 0.286. The van der Waals surface area contributed by atoms with E-state index in [4.69, 9.17) is 34.8 Å². The van der Waals surface area contributed by atoms with Crippen LogP contribution in [0.5, 0.6) is 0 Å². The third-order valence-corrected chi connectivity index (χ3v) is 6.84. The van der Waals surface area contributed by atoms with Crippen LogP contribution in [0, 0.1) is 5.92 Å². The summed E-state index contributed by atoms with van der Waals surface area (Å²) in [6, 6.07) is 13.0. The zero-order chi connectivity index (χ0) is 21.1. The topological polar surface area (TPSA) is 58.1 Å². The van der Waals surface area contributed by atoms with Crippen LogP contribution in [-0.2, 0) is 11.3 Å². The van der Waals surface area contributed by atoms with Gasteiger partial charge < -0.3 is 5.32 Å². The number of piperidine rings is 1. The Morgan fingerprint density at radius 3 is 2.43 bits per heavy atom. The van der Waals surface area contributed by atoms with E-state index in [1.54, 1.807) is 6.07 Å². The number of carbonyl (C=O) groups excluding carboxylic acids is 1. The molecule has 0 unspecified atom stereocenters. The highest BCUT2D eigenvalue weighted by Crippen LogP contribution is 2.29. The minimum absolute atomic E-state index is 0.00187. The van der Waals surface area contributed by atoms with Gasteiger partial charge >= 0.3 is 0 Å². The molecule has 1 amide bonds. The normalized spacial score (nSPS) is 15.3. The van der Waals surface area contributed by atoms with Crippen molar-refractivity contribution < 1.29 is 4.79 Å². The van der Waals surface area contributed by atoms with Crippen LogP contribution in [0.3, 0.4) is 0 Å². The summed E-state index contributed by atoms with van der Waals surface area (Å²) in [5.74, 6) is -0.0391. The van der Waals surface area contributed by atoms with Crippen molar-refractivity contribution in [2.75, 3.05) is 18.4 Å². The quantitative estimate of drug-likeness (QED) is 0.484. The third-order valence-electron chi connectivity index (χ3n) is 5.11. The van der Waals surface area contributed by atoms with Crippen molar-refractivity contribution in [1.29, 1.82) is 0 Å². The summed E-state index contributed by atoms with van der Waals surface area (Å²) in [5.41, 5.74) is 1.97. The van der Waals surface area contributed by atoms with Gasteiger partial charge in [-0.1, -0.05) is 64.3 Å². The van der Waals surface area contributed by atoms with Crippen molar-refractivity contribution in [2.45, 2.75) is 19.4 Å². The second-order valence-corrected chi connectivity index (χ2v) is 9.45. The summed E-state index contributed by atoms with van der Waals surface area (Å²) >= 11 is 19.5. The SMILES string of the molecule is O=C(Nc1nnc(-c2ccc(Cl)cc2)s1)C1CCN(Cc2ccc(Cl)cc2Cl)CC1. The van der Waals surface area contributed by atoms with Gasteiger partial charge in [0.05, 0.1) is 0 Å². The van der Waals surface area contributed by atoms with Crippen LogP contribution in [0.15, 0.2) is 42.5 Å². The highest BCUT2D eigenvalue weighted by atomic mass is 35.5. The second kappa shape index (κ2) is 9.62. The van der Waals surface area contributed by atoms with E-state index in [-0.39, 0.29) is 11.8 Å². The maximum Gasteiger partial charge on any atom is 0.229 e. The summed E-state index contributed by atoms with van der Waals surface area (Å²) in [6.45, 7) is 2.43. The van der Waals surface area contributed by atoms with E-state index in [2.05, 4.69) is 20.4 Å². The minimum Gasteiger partial charge on any atom is -0.300 e. The fourth-order valence-corrected chi connectivity index (χ4v) is 4.78. The van der Waals surface area contributed by atoms with Gasteiger partial charge in [0.15, 0.2) is 0 Å². The van der Waals surface area contributed by atoms with Gasteiger partial charge in [0.2, 0.25) is 11.0 Å². The van der Waals surface area contributed by atoms with Crippen molar-refractivity contribution >= 4 is 57.2 Å². The van der Waals surface area contributed by atoms with Crippen LogP contribution in [-0.4, -0.2) is 34.1 Å². The number of anilines is 1. The monoisotopic (exact) mass is 480 g/mol. The summed E-state index contributed by atoms with van der Waals surface area (Å²) in [5, 5.41) is 14.4. The lowest BCUT2D eigenvalue weighted by atomic mass is 9.95. The molecule has 156 valence electrons. The first-order valence-corrected chi connectivity index (χ1v) is 11.5. The number of amides is 1. The van der Waals surface area contributed by atoms with Gasteiger partial charge in [0.1, 0.15) is 5.01 Å². The Morgan fingerprint density at radius 2 is 1.73 bits per heavy atom. The molecular weight excluding hydrogens is 463 g/mol. The number of likely N-dealkylation sites (tertiary alicyclic amines) is 1. The first-order chi connectivity index (χ1) is 14.5. The highest BCUT2D eigenvalue weighted by molar-refractivity contribution is 7.18. The van der Waals surface area contributed by atoms with Gasteiger partial charge in [-0.2, -0.15) is 0 Å². The smallest absolute Gasteiger partial charge is 0.229 e. The molecule has 2 aromatic carbocycles. The van der Waals surface area contributed by atoms with E-state index in [0.29, 0.717) is 20.2 Å². The number of benzene rings is 2. The van der Waals surface area contributed by atoms with E-state index >= 15 is 0 Å². The molecule has 0 bridgehead atoms. The van der Waals surface area contributed by atoms with Crippen LogP contribution >= 0.6 is 46.1 Å². The molecule has 4 rings (SSSR count). The van der Waals surface area contributed by atoms with E-state index in [9.17, 15) is 4.79 Å². The number of halogens is 3.